The van der Waals surface area contributed by atoms with Gasteiger partial charge in [-0.25, -0.2) is 9.78 Å². The van der Waals surface area contributed by atoms with E-state index in [0.29, 0.717) is 27.7 Å². The summed E-state index contributed by atoms with van der Waals surface area (Å²) in [7, 11) is 1.54. The van der Waals surface area contributed by atoms with Gasteiger partial charge in [-0.05, 0) is 37.7 Å². The fourth-order valence-corrected chi connectivity index (χ4v) is 5.75. The summed E-state index contributed by atoms with van der Waals surface area (Å²) in [6.07, 6.45) is 2.13. The monoisotopic (exact) mass is 461 g/mol. The predicted molar refractivity (Wildman–Crippen MR) is 127 cm³/mol. The maximum atomic E-state index is 13.8. The maximum Gasteiger partial charge on any atom is 0.332 e. The molecule has 0 bridgehead atoms. The first-order chi connectivity index (χ1) is 14.8. The summed E-state index contributed by atoms with van der Waals surface area (Å²) in [6.45, 7) is 7.75. The van der Waals surface area contributed by atoms with E-state index in [2.05, 4.69) is 4.98 Å². The lowest BCUT2D eigenvalue weighted by atomic mass is 9.90. The first-order valence-corrected chi connectivity index (χ1v) is 12.6. The van der Waals surface area contributed by atoms with Crippen LogP contribution < -0.4 is 11.2 Å². The van der Waals surface area contributed by atoms with Crippen molar-refractivity contribution in [2.75, 3.05) is 11.5 Å². The molecule has 0 aromatic carbocycles. The molecule has 0 radical (unpaired) electrons. The predicted octanol–water partition coefficient (Wildman–Crippen LogP) is 3.55. The summed E-state index contributed by atoms with van der Waals surface area (Å²) < 4.78 is 2.37. The quantitative estimate of drug-likeness (QED) is 0.594. The molecule has 1 aliphatic carbocycles. The van der Waals surface area contributed by atoms with Crippen LogP contribution in [0.25, 0.3) is 11.0 Å². The molecular weight excluding hydrogens is 434 g/mol. The Morgan fingerprint density at radius 3 is 1.87 bits per heavy atom. The molecule has 1 aliphatic rings. The van der Waals surface area contributed by atoms with E-state index in [0.717, 1.165) is 23.2 Å². The molecule has 3 rings (SSSR count). The van der Waals surface area contributed by atoms with Crippen molar-refractivity contribution in [2.45, 2.75) is 53.5 Å². The lowest BCUT2D eigenvalue weighted by Crippen LogP contribution is -2.40. The number of aromatic nitrogens is 3. The number of carbonyl (C=O) groups is 2. The molecule has 31 heavy (non-hydrogen) atoms. The van der Waals surface area contributed by atoms with Crippen LogP contribution in [0.4, 0.5) is 0 Å². The molecule has 0 saturated heterocycles. The second-order valence-corrected chi connectivity index (χ2v) is 9.48. The summed E-state index contributed by atoms with van der Waals surface area (Å²) in [4.78, 5) is 58.7. The maximum absolute atomic E-state index is 13.8. The van der Waals surface area contributed by atoms with Crippen LogP contribution in [0.1, 0.15) is 66.9 Å². The summed E-state index contributed by atoms with van der Waals surface area (Å²) in [5.74, 6) is 0.863. The Kier molecular flexibility index (Phi) is 7.26. The number of ketones is 2. The van der Waals surface area contributed by atoms with Gasteiger partial charge in [0.2, 0.25) is 11.6 Å². The van der Waals surface area contributed by atoms with Gasteiger partial charge in [-0.2, -0.15) is 0 Å². The van der Waals surface area contributed by atoms with E-state index >= 15 is 0 Å². The van der Waals surface area contributed by atoms with E-state index in [-0.39, 0.29) is 40.3 Å². The minimum Gasteiger partial charge on any atom is -0.288 e. The summed E-state index contributed by atoms with van der Waals surface area (Å²) in [6, 6.07) is 0. The second kappa shape index (κ2) is 9.56. The average Bonchev–Trinajstić information content (AvgIpc) is 2.77. The Balaban J connectivity index is 2.47. The lowest BCUT2D eigenvalue weighted by molar-refractivity contribution is 0.0988. The number of carbonyl (C=O) groups excluding carboxylic acids is 2. The fraction of sp³-hybridized carbons (Fsp3) is 0.500. The Morgan fingerprint density at radius 2 is 1.39 bits per heavy atom. The minimum absolute atomic E-state index is 0.0589. The van der Waals surface area contributed by atoms with Gasteiger partial charge in [0.25, 0.3) is 5.56 Å². The molecule has 7 nitrogen and oxygen atoms in total. The molecule has 0 saturated carbocycles. The van der Waals surface area contributed by atoms with Crippen molar-refractivity contribution in [1.29, 1.82) is 0 Å². The number of Topliss-reactive ketones (excluding diaryl/α,β-unsaturated/α-hetero) is 2. The van der Waals surface area contributed by atoms with Crippen molar-refractivity contribution in [3.8, 4) is 0 Å². The molecule has 2 heterocycles. The molecule has 0 amide bonds. The van der Waals surface area contributed by atoms with E-state index in [9.17, 15) is 19.2 Å². The van der Waals surface area contributed by atoms with E-state index in [4.69, 9.17) is 0 Å². The number of thioether (sulfide) groups is 2. The molecule has 0 atom stereocenters. The fourth-order valence-electron chi connectivity index (χ4n) is 3.67. The van der Waals surface area contributed by atoms with Crippen LogP contribution in [0.5, 0.6) is 0 Å². The Morgan fingerprint density at radius 1 is 0.839 bits per heavy atom. The number of pyridine rings is 1. The normalized spacial score (nSPS) is 14.0. The minimum atomic E-state index is -0.572. The molecule has 0 spiro atoms. The Bertz CT molecular complexity index is 1220. The summed E-state index contributed by atoms with van der Waals surface area (Å²) in [5.41, 5.74) is -0.136. The number of rotatable bonds is 8. The third kappa shape index (κ3) is 3.82. The van der Waals surface area contributed by atoms with Crippen molar-refractivity contribution in [3.63, 3.8) is 0 Å². The van der Waals surface area contributed by atoms with Gasteiger partial charge < -0.3 is 0 Å². The van der Waals surface area contributed by atoms with E-state index in [1.807, 2.05) is 20.8 Å². The Labute approximate surface area is 189 Å². The van der Waals surface area contributed by atoms with Crippen LogP contribution in [0.3, 0.4) is 0 Å². The SMILES string of the molecule is CCCSC1=C(SCCC)C(=O)c2c(c(CC)nc3c2c(=O)n(CC)c(=O)n3C)C1=O. The highest BCUT2D eigenvalue weighted by Gasteiger charge is 2.38. The van der Waals surface area contributed by atoms with Crippen LogP contribution in [-0.4, -0.2) is 37.2 Å². The molecule has 0 unspecified atom stereocenters. The topological polar surface area (TPSA) is 91.0 Å². The zero-order valence-electron chi connectivity index (χ0n) is 18.5. The summed E-state index contributed by atoms with van der Waals surface area (Å²) >= 11 is 2.76. The molecule has 0 N–H and O–H groups in total. The standard InChI is InChI=1S/C22H27N3O4S2/c1-6-10-30-18-16(26)13-12(8-3)23-20-15(14(13)17(27)19(18)31-11-7-2)21(28)25(9-4)22(29)24(20)5/h6-11H2,1-5H3. The van der Waals surface area contributed by atoms with Crippen molar-refractivity contribution in [3.05, 3.63) is 47.5 Å². The number of fused-ring (bicyclic) bond motifs is 3. The first-order valence-electron chi connectivity index (χ1n) is 10.6. The van der Waals surface area contributed by atoms with Crippen molar-refractivity contribution in [1.82, 2.24) is 14.1 Å². The average molecular weight is 462 g/mol. The molecule has 166 valence electrons. The highest BCUT2D eigenvalue weighted by Crippen LogP contribution is 2.41. The number of hydrogen-bond acceptors (Lipinski definition) is 7. The van der Waals surface area contributed by atoms with Gasteiger partial charge in [0, 0.05) is 13.6 Å². The van der Waals surface area contributed by atoms with Gasteiger partial charge in [-0.3, -0.25) is 23.5 Å². The number of hydrogen-bond donors (Lipinski definition) is 0. The van der Waals surface area contributed by atoms with Gasteiger partial charge in [0.05, 0.1) is 32.0 Å². The van der Waals surface area contributed by atoms with Gasteiger partial charge in [0.15, 0.2) is 0 Å². The smallest absolute Gasteiger partial charge is 0.288 e. The molecular formula is C22H27N3O4S2. The third-order valence-electron chi connectivity index (χ3n) is 5.17. The van der Waals surface area contributed by atoms with E-state index in [1.165, 1.54) is 35.1 Å². The van der Waals surface area contributed by atoms with Gasteiger partial charge >= 0.3 is 5.69 Å². The molecule has 2 aromatic rings. The largest absolute Gasteiger partial charge is 0.332 e. The molecule has 0 aliphatic heterocycles. The van der Waals surface area contributed by atoms with Crippen LogP contribution in [0.15, 0.2) is 19.4 Å². The summed E-state index contributed by atoms with van der Waals surface area (Å²) in [5, 5.41) is 0.0589. The van der Waals surface area contributed by atoms with E-state index < -0.39 is 11.2 Å². The molecule has 9 heteroatoms. The van der Waals surface area contributed by atoms with Crippen LogP contribution in [0.2, 0.25) is 0 Å². The molecule has 0 fully saturated rings. The highest BCUT2D eigenvalue weighted by molar-refractivity contribution is 8.08. The number of nitrogens with zero attached hydrogens (tertiary/aromatic N) is 3. The Hall–Kier alpha value is -2.13. The van der Waals surface area contributed by atoms with Gasteiger partial charge in [-0.15, -0.1) is 23.5 Å². The van der Waals surface area contributed by atoms with Crippen LogP contribution in [-0.2, 0) is 20.0 Å². The van der Waals surface area contributed by atoms with Crippen molar-refractivity contribution in [2.24, 2.45) is 7.05 Å². The highest BCUT2D eigenvalue weighted by atomic mass is 32.2. The first kappa shape index (κ1) is 23.5. The molecule has 2 aromatic heterocycles. The zero-order chi connectivity index (χ0) is 22.9. The second-order valence-electron chi connectivity index (χ2n) is 7.27. The number of allylic oxidation sites excluding steroid dienone is 2. The van der Waals surface area contributed by atoms with E-state index in [1.54, 1.807) is 6.92 Å². The van der Waals surface area contributed by atoms with Crippen molar-refractivity contribution >= 4 is 46.1 Å². The van der Waals surface area contributed by atoms with Crippen molar-refractivity contribution < 1.29 is 9.59 Å². The van der Waals surface area contributed by atoms with Crippen LogP contribution in [0, 0.1) is 0 Å². The van der Waals surface area contributed by atoms with Gasteiger partial charge in [-0.1, -0.05) is 20.8 Å². The third-order valence-corrected chi connectivity index (χ3v) is 7.88. The lowest BCUT2D eigenvalue weighted by Gasteiger charge is -2.24. The zero-order valence-corrected chi connectivity index (χ0v) is 20.2. The number of aryl methyl sites for hydroxylation is 2. The van der Waals surface area contributed by atoms with Gasteiger partial charge in [0.1, 0.15) is 5.65 Å². The van der Waals surface area contributed by atoms with Crippen LogP contribution >= 0.6 is 23.5 Å².